The lowest BCUT2D eigenvalue weighted by molar-refractivity contribution is 0.285. The second-order valence-electron chi connectivity index (χ2n) is 9.36. The molecular formula is C28H30Cl2N2O2. The molecule has 0 fully saturated rings. The summed E-state index contributed by atoms with van der Waals surface area (Å²) in [4.78, 5) is 4.79. The molecule has 0 spiro atoms. The lowest BCUT2D eigenvalue weighted by atomic mass is 9.87. The Labute approximate surface area is 211 Å². The number of nitrogens with zero attached hydrogens (tertiary/aromatic N) is 2. The molecule has 4 nitrogen and oxygen atoms in total. The maximum Gasteiger partial charge on any atom is 0.147 e. The molecule has 0 aliphatic heterocycles. The van der Waals surface area contributed by atoms with E-state index < -0.39 is 0 Å². The topological polar surface area (TPSA) is 36.3 Å². The molecule has 0 unspecified atom stereocenters. The third-order valence-electron chi connectivity index (χ3n) is 5.75. The van der Waals surface area contributed by atoms with Gasteiger partial charge in [0.2, 0.25) is 0 Å². The van der Waals surface area contributed by atoms with Gasteiger partial charge in [-0.25, -0.2) is 4.98 Å². The van der Waals surface area contributed by atoms with E-state index in [2.05, 4.69) is 55.7 Å². The molecule has 0 radical (unpaired) electrons. The molecule has 0 atom stereocenters. The van der Waals surface area contributed by atoms with Crippen molar-refractivity contribution in [3.05, 3.63) is 88.2 Å². The molecule has 0 bridgehead atoms. The van der Waals surface area contributed by atoms with E-state index in [1.54, 1.807) is 18.2 Å². The summed E-state index contributed by atoms with van der Waals surface area (Å²) in [7, 11) is 0. The zero-order chi connectivity index (χ0) is 24.1. The standard InChI is InChI=1S/C28H30Cl2N2O2/c1-28(2,3)20-10-13-22(14-11-20)33-17-7-6-16-32-25-9-5-4-8-24(25)31-27(32)19-34-26-15-12-21(29)18-23(26)30/h4-5,8-15,18H,6-7,16-17,19H2,1-3H3. The van der Waals surface area contributed by atoms with Gasteiger partial charge in [-0.3, -0.25) is 0 Å². The Kier molecular flexibility index (Phi) is 7.70. The fraction of sp³-hybridized carbons (Fsp3) is 0.321. The quantitative estimate of drug-likeness (QED) is 0.219. The number of imidazole rings is 1. The highest BCUT2D eigenvalue weighted by atomic mass is 35.5. The number of fused-ring (bicyclic) bond motifs is 1. The van der Waals surface area contributed by atoms with Crippen molar-refractivity contribution in [3.8, 4) is 11.5 Å². The van der Waals surface area contributed by atoms with Crippen LogP contribution in [0.2, 0.25) is 10.0 Å². The van der Waals surface area contributed by atoms with Gasteiger partial charge in [0.1, 0.15) is 23.9 Å². The molecule has 4 aromatic rings. The van der Waals surface area contributed by atoms with Crippen molar-refractivity contribution < 1.29 is 9.47 Å². The predicted octanol–water partition coefficient (Wildman–Crippen LogP) is 8.08. The number of benzene rings is 3. The Bertz CT molecular complexity index is 1240. The van der Waals surface area contributed by atoms with Crippen LogP contribution in [0.4, 0.5) is 0 Å². The fourth-order valence-electron chi connectivity index (χ4n) is 3.83. The molecule has 0 amide bonds. The van der Waals surface area contributed by atoms with E-state index in [-0.39, 0.29) is 5.41 Å². The molecule has 0 saturated heterocycles. The third kappa shape index (κ3) is 6.05. The Hall–Kier alpha value is -2.69. The molecule has 1 aromatic heterocycles. The number of hydrogen-bond donors (Lipinski definition) is 0. The predicted molar refractivity (Wildman–Crippen MR) is 140 cm³/mol. The van der Waals surface area contributed by atoms with Crippen molar-refractivity contribution in [2.45, 2.75) is 52.2 Å². The summed E-state index contributed by atoms with van der Waals surface area (Å²) < 4.78 is 14.2. The van der Waals surface area contributed by atoms with E-state index in [1.807, 2.05) is 18.2 Å². The van der Waals surface area contributed by atoms with Crippen molar-refractivity contribution in [3.63, 3.8) is 0 Å². The van der Waals surface area contributed by atoms with E-state index >= 15 is 0 Å². The first kappa shape index (κ1) is 24.4. The van der Waals surface area contributed by atoms with Crippen molar-refractivity contribution in [1.29, 1.82) is 0 Å². The summed E-state index contributed by atoms with van der Waals surface area (Å²) >= 11 is 12.3. The maximum absolute atomic E-state index is 6.26. The van der Waals surface area contributed by atoms with E-state index in [9.17, 15) is 0 Å². The fourth-order valence-corrected chi connectivity index (χ4v) is 4.30. The molecule has 0 N–H and O–H groups in total. The maximum atomic E-state index is 6.26. The Morgan fingerprint density at radius 1 is 0.882 bits per heavy atom. The van der Waals surface area contributed by atoms with E-state index in [1.165, 1.54) is 5.56 Å². The van der Waals surface area contributed by atoms with E-state index in [0.717, 1.165) is 42.0 Å². The van der Waals surface area contributed by atoms with Crippen LogP contribution in [0.1, 0.15) is 45.0 Å². The number of ether oxygens (including phenoxy) is 2. The van der Waals surface area contributed by atoms with E-state index in [0.29, 0.717) is 29.0 Å². The van der Waals surface area contributed by atoms with Gasteiger partial charge in [-0.2, -0.15) is 0 Å². The molecule has 6 heteroatoms. The first-order chi connectivity index (χ1) is 16.3. The van der Waals surface area contributed by atoms with Crippen LogP contribution in [0.25, 0.3) is 11.0 Å². The summed E-state index contributed by atoms with van der Waals surface area (Å²) in [5.41, 5.74) is 3.51. The van der Waals surface area contributed by atoms with Crippen LogP contribution < -0.4 is 9.47 Å². The van der Waals surface area contributed by atoms with Crippen molar-refractivity contribution in [2.24, 2.45) is 0 Å². The number of aromatic nitrogens is 2. The van der Waals surface area contributed by atoms with Crippen molar-refractivity contribution >= 4 is 34.2 Å². The summed E-state index contributed by atoms with van der Waals surface area (Å²) in [6.07, 6.45) is 1.91. The third-order valence-corrected chi connectivity index (χ3v) is 6.28. The molecule has 1 heterocycles. The van der Waals surface area contributed by atoms with Gasteiger partial charge in [-0.1, -0.05) is 68.2 Å². The highest BCUT2D eigenvalue weighted by Crippen LogP contribution is 2.29. The van der Waals surface area contributed by atoms with Gasteiger partial charge in [0.25, 0.3) is 0 Å². The molecular weight excluding hydrogens is 467 g/mol. The van der Waals surface area contributed by atoms with Crippen LogP contribution in [0.5, 0.6) is 11.5 Å². The molecule has 3 aromatic carbocycles. The minimum absolute atomic E-state index is 0.145. The van der Waals surface area contributed by atoms with Crippen LogP contribution in [0.3, 0.4) is 0 Å². The van der Waals surface area contributed by atoms with Crippen LogP contribution in [-0.2, 0) is 18.6 Å². The Morgan fingerprint density at radius 3 is 2.38 bits per heavy atom. The van der Waals surface area contributed by atoms with Gasteiger partial charge in [0, 0.05) is 11.6 Å². The van der Waals surface area contributed by atoms with E-state index in [4.69, 9.17) is 37.7 Å². The number of rotatable bonds is 9. The molecule has 0 aliphatic rings. The number of halogens is 2. The highest BCUT2D eigenvalue weighted by Gasteiger charge is 2.14. The zero-order valence-corrected chi connectivity index (χ0v) is 21.4. The first-order valence-corrected chi connectivity index (χ1v) is 12.3. The minimum atomic E-state index is 0.145. The molecule has 0 aliphatic carbocycles. The molecule has 178 valence electrons. The van der Waals surface area contributed by atoms with Gasteiger partial charge >= 0.3 is 0 Å². The van der Waals surface area contributed by atoms with Gasteiger partial charge in [-0.15, -0.1) is 0 Å². The van der Waals surface area contributed by atoms with Crippen LogP contribution in [-0.4, -0.2) is 16.2 Å². The smallest absolute Gasteiger partial charge is 0.147 e. The molecule has 4 rings (SSSR count). The summed E-state index contributed by atoms with van der Waals surface area (Å²) in [5.74, 6) is 2.37. The average Bonchev–Trinajstić information content (AvgIpc) is 3.15. The SMILES string of the molecule is CC(C)(C)c1ccc(OCCCCn2c(COc3ccc(Cl)cc3Cl)nc3ccccc32)cc1. The van der Waals surface area contributed by atoms with Crippen LogP contribution >= 0.6 is 23.2 Å². The van der Waals surface area contributed by atoms with Crippen molar-refractivity contribution in [2.75, 3.05) is 6.61 Å². The molecule has 0 saturated carbocycles. The summed E-state index contributed by atoms with van der Waals surface area (Å²) in [6, 6.07) is 21.8. The van der Waals surface area contributed by atoms with Crippen LogP contribution in [0.15, 0.2) is 66.7 Å². The van der Waals surface area contributed by atoms with Gasteiger partial charge in [0.05, 0.1) is 22.7 Å². The van der Waals surface area contributed by atoms with Gasteiger partial charge < -0.3 is 14.0 Å². The summed E-state index contributed by atoms with van der Waals surface area (Å²) in [6.45, 7) is 8.48. The summed E-state index contributed by atoms with van der Waals surface area (Å²) in [5, 5.41) is 1.07. The second-order valence-corrected chi connectivity index (χ2v) is 10.2. The van der Waals surface area contributed by atoms with Crippen molar-refractivity contribution in [1.82, 2.24) is 9.55 Å². The highest BCUT2D eigenvalue weighted by molar-refractivity contribution is 6.35. The average molecular weight is 497 g/mol. The lowest BCUT2D eigenvalue weighted by Crippen LogP contribution is -2.10. The van der Waals surface area contributed by atoms with Gasteiger partial charge in [0.15, 0.2) is 0 Å². The normalized spacial score (nSPS) is 11.7. The Balaban J connectivity index is 1.35. The lowest BCUT2D eigenvalue weighted by Gasteiger charge is -2.19. The van der Waals surface area contributed by atoms with Gasteiger partial charge in [-0.05, 0) is 66.3 Å². The second kappa shape index (κ2) is 10.7. The largest absolute Gasteiger partial charge is 0.494 e. The Morgan fingerprint density at radius 2 is 1.65 bits per heavy atom. The minimum Gasteiger partial charge on any atom is -0.494 e. The number of hydrogen-bond acceptors (Lipinski definition) is 3. The first-order valence-electron chi connectivity index (χ1n) is 11.6. The molecule has 34 heavy (non-hydrogen) atoms. The monoisotopic (exact) mass is 496 g/mol. The zero-order valence-electron chi connectivity index (χ0n) is 19.9. The number of aryl methyl sites for hydroxylation is 1. The number of unbranched alkanes of at least 4 members (excludes halogenated alkanes) is 1. The number of para-hydroxylation sites is 2. The van der Waals surface area contributed by atoms with Crippen LogP contribution in [0, 0.1) is 0 Å².